The number of methoxy groups -OCH3 is 1. The number of hydrogen-bond acceptors (Lipinski definition) is 4. The molecule has 2 heterocycles. The van der Waals surface area contributed by atoms with Crippen LogP contribution in [0, 0.1) is 0 Å². The van der Waals surface area contributed by atoms with Crippen LogP contribution in [0.15, 0.2) is 30.5 Å². The second-order valence-electron chi connectivity index (χ2n) is 5.28. The van der Waals surface area contributed by atoms with Crippen LogP contribution in [0.25, 0.3) is 10.8 Å². The monoisotopic (exact) mass is 271 g/mol. The van der Waals surface area contributed by atoms with Crippen molar-refractivity contribution >= 4 is 16.6 Å². The van der Waals surface area contributed by atoms with Gasteiger partial charge in [0, 0.05) is 38.3 Å². The van der Waals surface area contributed by atoms with Crippen LogP contribution in [0.1, 0.15) is 18.4 Å². The summed E-state index contributed by atoms with van der Waals surface area (Å²) >= 11 is 0. The molecule has 4 heteroatoms. The van der Waals surface area contributed by atoms with Gasteiger partial charge in [0.05, 0.1) is 6.10 Å². The molecular formula is C16H21N3O. The van der Waals surface area contributed by atoms with E-state index in [0.29, 0.717) is 12.6 Å². The Balaban J connectivity index is 1.96. The highest BCUT2D eigenvalue weighted by Crippen LogP contribution is 2.29. The Morgan fingerprint density at radius 2 is 1.95 bits per heavy atom. The van der Waals surface area contributed by atoms with Crippen molar-refractivity contribution in [2.45, 2.75) is 25.5 Å². The summed E-state index contributed by atoms with van der Waals surface area (Å²) in [6.07, 6.45) is 4.43. The summed E-state index contributed by atoms with van der Waals surface area (Å²) < 4.78 is 5.44. The zero-order valence-corrected chi connectivity index (χ0v) is 11.9. The maximum absolute atomic E-state index is 5.81. The number of hydrogen-bond donors (Lipinski definition) is 1. The van der Waals surface area contributed by atoms with Gasteiger partial charge in [0.25, 0.3) is 0 Å². The fourth-order valence-electron chi connectivity index (χ4n) is 2.95. The summed E-state index contributed by atoms with van der Waals surface area (Å²) in [6.45, 7) is 2.52. The molecular weight excluding hydrogens is 250 g/mol. The number of aromatic nitrogens is 1. The SMILES string of the molecule is COC1CCN(c2ncc(CN)c3ccccc23)CC1. The topological polar surface area (TPSA) is 51.4 Å². The van der Waals surface area contributed by atoms with Gasteiger partial charge in [-0.05, 0) is 23.8 Å². The molecule has 3 rings (SSSR count). The number of ether oxygens (including phenoxy) is 1. The van der Waals surface area contributed by atoms with Crippen molar-refractivity contribution in [3.8, 4) is 0 Å². The molecule has 0 amide bonds. The fourth-order valence-corrected chi connectivity index (χ4v) is 2.95. The zero-order valence-electron chi connectivity index (χ0n) is 11.9. The lowest BCUT2D eigenvalue weighted by atomic mass is 10.0. The Kier molecular flexibility index (Phi) is 3.85. The van der Waals surface area contributed by atoms with Crippen molar-refractivity contribution in [1.29, 1.82) is 0 Å². The number of nitrogens with zero attached hydrogens (tertiary/aromatic N) is 2. The highest BCUT2D eigenvalue weighted by Gasteiger charge is 2.21. The average molecular weight is 271 g/mol. The van der Waals surface area contributed by atoms with E-state index in [1.54, 1.807) is 7.11 Å². The maximum atomic E-state index is 5.81. The average Bonchev–Trinajstić information content (AvgIpc) is 2.54. The van der Waals surface area contributed by atoms with Gasteiger partial charge >= 0.3 is 0 Å². The van der Waals surface area contributed by atoms with Crippen LogP contribution in [0.3, 0.4) is 0 Å². The number of pyridine rings is 1. The van der Waals surface area contributed by atoms with Gasteiger partial charge in [-0.3, -0.25) is 0 Å². The first-order valence-corrected chi connectivity index (χ1v) is 7.18. The minimum Gasteiger partial charge on any atom is -0.381 e. The van der Waals surface area contributed by atoms with E-state index in [9.17, 15) is 0 Å². The molecule has 0 aliphatic carbocycles. The van der Waals surface area contributed by atoms with Crippen LogP contribution in [0.4, 0.5) is 5.82 Å². The first-order chi connectivity index (χ1) is 9.83. The summed E-state index contributed by atoms with van der Waals surface area (Å²) in [7, 11) is 1.80. The van der Waals surface area contributed by atoms with E-state index < -0.39 is 0 Å². The number of rotatable bonds is 3. The quantitative estimate of drug-likeness (QED) is 0.930. The second-order valence-corrected chi connectivity index (χ2v) is 5.28. The molecule has 0 bridgehead atoms. The first kappa shape index (κ1) is 13.3. The normalized spacial score (nSPS) is 16.8. The van der Waals surface area contributed by atoms with E-state index >= 15 is 0 Å². The molecule has 4 nitrogen and oxygen atoms in total. The van der Waals surface area contributed by atoms with Crippen molar-refractivity contribution < 1.29 is 4.74 Å². The number of benzene rings is 1. The summed E-state index contributed by atoms with van der Waals surface area (Å²) in [4.78, 5) is 7.02. The molecule has 1 aromatic carbocycles. The molecule has 0 atom stereocenters. The number of anilines is 1. The highest BCUT2D eigenvalue weighted by molar-refractivity contribution is 5.94. The molecule has 0 radical (unpaired) electrons. The summed E-state index contributed by atoms with van der Waals surface area (Å²) in [5.41, 5.74) is 6.92. The van der Waals surface area contributed by atoms with Gasteiger partial charge in [0.1, 0.15) is 5.82 Å². The van der Waals surface area contributed by atoms with E-state index in [1.807, 2.05) is 6.20 Å². The lowest BCUT2D eigenvalue weighted by molar-refractivity contribution is 0.0818. The Morgan fingerprint density at radius 1 is 1.25 bits per heavy atom. The predicted molar refractivity (Wildman–Crippen MR) is 81.9 cm³/mol. The molecule has 0 unspecified atom stereocenters. The van der Waals surface area contributed by atoms with E-state index in [2.05, 4.69) is 34.1 Å². The third kappa shape index (κ3) is 2.37. The van der Waals surface area contributed by atoms with Crippen molar-refractivity contribution in [2.75, 3.05) is 25.1 Å². The molecule has 1 saturated heterocycles. The lowest BCUT2D eigenvalue weighted by Crippen LogP contribution is -2.37. The molecule has 1 fully saturated rings. The zero-order chi connectivity index (χ0) is 13.9. The third-order valence-electron chi connectivity index (χ3n) is 4.15. The summed E-state index contributed by atoms with van der Waals surface area (Å²) in [5, 5.41) is 2.42. The molecule has 1 aromatic heterocycles. The van der Waals surface area contributed by atoms with Crippen LogP contribution in [-0.4, -0.2) is 31.3 Å². The Morgan fingerprint density at radius 3 is 2.60 bits per heavy atom. The predicted octanol–water partition coefficient (Wildman–Crippen LogP) is 2.31. The molecule has 0 saturated carbocycles. The molecule has 1 aliphatic rings. The highest BCUT2D eigenvalue weighted by atomic mass is 16.5. The maximum Gasteiger partial charge on any atom is 0.136 e. The third-order valence-corrected chi connectivity index (χ3v) is 4.15. The van der Waals surface area contributed by atoms with Gasteiger partial charge in [-0.25, -0.2) is 4.98 Å². The van der Waals surface area contributed by atoms with Crippen molar-refractivity contribution in [3.05, 3.63) is 36.0 Å². The van der Waals surface area contributed by atoms with Gasteiger partial charge < -0.3 is 15.4 Å². The van der Waals surface area contributed by atoms with E-state index in [0.717, 1.165) is 37.3 Å². The summed E-state index contributed by atoms with van der Waals surface area (Å²) in [6, 6.07) is 8.39. The molecule has 106 valence electrons. The van der Waals surface area contributed by atoms with Gasteiger partial charge in [-0.2, -0.15) is 0 Å². The van der Waals surface area contributed by atoms with Crippen LogP contribution in [-0.2, 0) is 11.3 Å². The number of piperidine rings is 1. The van der Waals surface area contributed by atoms with E-state index in [4.69, 9.17) is 10.5 Å². The Hall–Kier alpha value is -1.65. The Bertz CT molecular complexity index is 591. The van der Waals surface area contributed by atoms with Gasteiger partial charge in [-0.1, -0.05) is 24.3 Å². The van der Waals surface area contributed by atoms with Crippen molar-refractivity contribution in [3.63, 3.8) is 0 Å². The second kappa shape index (κ2) is 5.77. The standard InChI is InChI=1S/C16H21N3O/c1-20-13-6-8-19(9-7-13)16-15-5-3-2-4-14(15)12(10-17)11-18-16/h2-5,11,13H,6-10,17H2,1H3. The van der Waals surface area contributed by atoms with Crippen LogP contribution >= 0.6 is 0 Å². The smallest absolute Gasteiger partial charge is 0.136 e. The lowest BCUT2D eigenvalue weighted by Gasteiger charge is -2.32. The van der Waals surface area contributed by atoms with Crippen molar-refractivity contribution in [2.24, 2.45) is 5.73 Å². The van der Waals surface area contributed by atoms with Gasteiger partial charge in [0.2, 0.25) is 0 Å². The molecule has 20 heavy (non-hydrogen) atoms. The number of nitrogens with two attached hydrogens (primary N) is 1. The van der Waals surface area contributed by atoms with Crippen LogP contribution in [0.5, 0.6) is 0 Å². The minimum absolute atomic E-state index is 0.390. The minimum atomic E-state index is 0.390. The number of fused-ring (bicyclic) bond motifs is 1. The van der Waals surface area contributed by atoms with Gasteiger partial charge in [0.15, 0.2) is 0 Å². The summed E-state index contributed by atoms with van der Waals surface area (Å²) in [5.74, 6) is 1.08. The van der Waals surface area contributed by atoms with E-state index in [1.165, 1.54) is 10.8 Å². The fraction of sp³-hybridized carbons (Fsp3) is 0.438. The molecule has 0 spiro atoms. The Labute approximate surface area is 119 Å². The van der Waals surface area contributed by atoms with Crippen molar-refractivity contribution in [1.82, 2.24) is 4.98 Å². The van der Waals surface area contributed by atoms with E-state index in [-0.39, 0.29) is 0 Å². The first-order valence-electron chi connectivity index (χ1n) is 7.18. The molecule has 2 aromatic rings. The molecule has 2 N–H and O–H groups in total. The van der Waals surface area contributed by atoms with Crippen LogP contribution < -0.4 is 10.6 Å². The van der Waals surface area contributed by atoms with Crippen LogP contribution in [0.2, 0.25) is 0 Å². The largest absolute Gasteiger partial charge is 0.381 e. The van der Waals surface area contributed by atoms with Gasteiger partial charge in [-0.15, -0.1) is 0 Å². The molecule has 1 aliphatic heterocycles.